The van der Waals surface area contributed by atoms with E-state index in [2.05, 4.69) is 26.3 Å². The number of esters is 1. The van der Waals surface area contributed by atoms with Gasteiger partial charge >= 0.3 is 5.97 Å². The van der Waals surface area contributed by atoms with Crippen molar-refractivity contribution >= 4 is 39.2 Å². The lowest BCUT2D eigenvalue weighted by Gasteiger charge is -2.11. The Morgan fingerprint density at radius 3 is 3.00 bits per heavy atom. The van der Waals surface area contributed by atoms with E-state index in [4.69, 9.17) is 16.3 Å². The number of aryl methyl sites for hydroxylation is 1. The molecule has 0 radical (unpaired) electrons. The van der Waals surface area contributed by atoms with Crippen molar-refractivity contribution in [3.05, 3.63) is 45.1 Å². The second kappa shape index (κ2) is 6.95. The van der Waals surface area contributed by atoms with Gasteiger partial charge in [0.05, 0.1) is 40.2 Å². The van der Waals surface area contributed by atoms with Crippen LogP contribution in [-0.2, 0) is 18.3 Å². The van der Waals surface area contributed by atoms with Crippen molar-refractivity contribution in [2.45, 2.75) is 13.5 Å². The van der Waals surface area contributed by atoms with Gasteiger partial charge in [0.25, 0.3) is 0 Å². The zero-order valence-corrected chi connectivity index (χ0v) is 14.0. The molecule has 5 nitrogen and oxygen atoms in total. The number of ether oxygens (including phenoxy) is 1. The molecule has 0 aliphatic carbocycles. The van der Waals surface area contributed by atoms with E-state index < -0.39 is 0 Å². The Hall–Kier alpha value is -1.53. The molecule has 1 aromatic heterocycles. The maximum absolute atomic E-state index is 11.9. The van der Waals surface area contributed by atoms with E-state index in [-0.39, 0.29) is 5.97 Å². The lowest BCUT2D eigenvalue weighted by atomic mass is 10.2. The van der Waals surface area contributed by atoms with E-state index in [1.807, 2.05) is 12.1 Å². The third kappa shape index (κ3) is 3.57. The maximum atomic E-state index is 11.9. The normalized spacial score (nSPS) is 10.5. The van der Waals surface area contributed by atoms with Crippen LogP contribution in [0.1, 0.15) is 23.0 Å². The third-order valence-corrected chi connectivity index (χ3v) is 4.35. The molecule has 0 aliphatic heterocycles. The van der Waals surface area contributed by atoms with Crippen molar-refractivity contribution in [3.63, 3.8) is 0 Å². The minimum Gasteiger partial charge on any atom is -0.462 e. The number of anilines is 1. The second-order valence-corrected chi connectivity index (χ2v) is 5.50. The standard InChI is InChI=1S/C14H15BrClN3O2/c1-3-21-14(20)9-7-18-19(2)12(9)8-17-11-6-4-5-10(16)13(11)15/h4-7,17H,3,8H2,1-2H3. The second-order valence-electron chi connectivity index (χ2n) is 4.30. The first kappa shape index (κ1) is 15.9. The van der Waals surface area contributed by atoms with E-state index >= 15 is 0 Å². The zero-order chi connectivity index (χ0) is 15.4. The molecule has 0 saturated carbocycles. The highest BCUT2D eigenvalue weighted by atomic mass is 79.9. The van der Waals surface area contributed by atoms with Crippen molar-refractivity contribution in [1.29, 1.82) is 0 Å². The number of aromatic nitrogens is 2. The van der Waals surface area contributed by atoms with Crippen LogP contribution in [-0.4, -0.2) is 22.4 Å². The molecule has 0 saturated heterocycles. The number of nitrogens with one attached hydrogen (secondary N) is 1. The number of hydrogen-bond acceptors (Lipinski definition) is 4. The fraction of sp³-hybridized carbons (Fsp3) is 0.286. The molecule has 0 spiro atoms. The Kier molecular flexibility index (Phi) is 5.25. The average molecular weight is 373 g/mol. The van der Waals surface area contributed by atoms with Gasteiger partial charge in [0.15, 0.2) is 0 Å². The quantitative estimate of drug-likeness (QED) is 0.814. The highest BCUT2D eigenvalue weighted by molar-refractivity contribution is 9.10. The van der Waals surface area contributed by atoms with Gasteiger partial charge < -0.3 is 10.1 Å². The van der Waals surface area contributed by atoms with E-state index in [1.165, 1.54) is 6.20 Å². The molecule has 1 aromatic carbocycles. The molecule has 1 N–H and O–H groups in total. The third-order valence-electron chi connectivity index (χ3n) is 2.95. The van der Waals surface area contributed by atoms with Crippen molar-refractivity contribution < 1.29 is 9.53 Å². The van der Waals surface area contributed by atoms with Gasteiger partial charge in [-0.2, -0.15) is 5.10 Å². The Balaban J connectivity index is 2.18. The summed E-state index contributed by atoms with van der Waals surface area (Å²) in [5, 5.41) is 7.97. The fourth-order valence-corrected chi connectivity index (χ4v) is 2.45. The van der Waals surface area contributed by atoms with Crippen molar-refractivity contribution in [3.8, 4) is 0 Å². The highest BCUT2D eigenvalue weighted by Crippen LogP contribution is 2.30. The molecule has 7 heteroatoms. The van der Waals surface area contributed by atoms with Gasteiger partial charge in [-0.3, -0.25) is 4.68 Å². The molecule has 0 aliphatic rings. The number of carbonyl (C=O) groups excluding carboxylic acids is 1. The Bertz CT molecular complexity index is 658. The van der Waals surface area contributed by atoms with Crippen LogP contribution in [0.2, 0.25) is 5.02 Å². The molecule has 0 fully saturated rings. The summed E-state index contributed by atoms with van der Waals surface area (Å²) in [7, 11) is 1.78. The van der Waals surface area contributed by atoms with Crippen molar-refractivity contribution in [1.82, 2.24) is 9.78 Å². The SMILES string of the molecule is CCOC(=O)c1cnn(C)c1CNc1cccc(Cl)c1Br. The van der Waals surface area contributed by atoms with Gasteiger partial charge in [0, 0.05) is 7.05 Å². The van der Waals surface area contributed by atoms with Crippen LogP contribution in [0.5, 0.6) is 0 Å². The van der Waals surface area contributed by atoms with E-state index in [1.54, 1.807) is 24.7 Å². The monoisotopic (exact) mass is 371 g/mol. The highest BCUT2D eigenvalue weighted by Gasteiger charge is 2.17. The Labute approximate surface area is 136 Å². The number of hydrogen-bond donors (Lipinski definition) is 1. The summed E-state index contributed by atoms with van der Waals surface area (Å²) in [6.07, 6.45) is 1.52. The smallest absolute Gasteiger partial charge is 0.341 e. The topological polar surface area (TPSA) is 56.1 Å². The van der Waals surface area contributed by atoms with E-state index in [0.29, 0.717) is 23.7 Å². The van der Waals surface area contributed by atoms with E-state index in [9.17, 15) is 4.79 Å². The first-order valence-corrected chi connectivity index (χ1v) is 7.57. The van der Waals surface area contributed by atoms with Crippen LogP contribution in [0.25, 0.3) is 0 Å². The van der Waals surface area contributed by atoms with Gasteiger partial charge in [-0.1, -0.05) is 17.7 Å². The molecule has 0 unspecified atom stereocenters. The molecule has 2 rings (SSSR count). The predicted octanol–water partition coefficient (Wildman–Crippen LogP) is 3.62. The summed E-state index contributed by atoms with van der Waals surface area (Å²) in [6.45, 7) is 2.54. The summed E-state index contributed by atoms with van der Waals surface area (Å²) in [5.74, 6) is -0.368. The summed E-state index contributed by atoms with van der Waals surface area (Å²) >= 11 is 9.48. The molecule has 1 heterocycles. The summed E-state index contributed by atoms with van der Waals surface area (Å²) in [6, 6.07) is 5.55. The fourth-order valence-electron chi connectivity index (χ4n) is 1.87. The van der Waals surface area contributed by atoms with Crippen LogP contribution in [0, 0.1) is 0 Å². The summed E-state index contributed by atoms with van der Waals surface area (Å²) in [4.78, 5) is 11.9. The zero-order valence-electron chi connectivity index (χ0n) is 11.7. The number of nitrogens with zero attached hydrogens (tertiary/aromatic N) is 2. The lowest BCUT2D eigenvalue weighted by molar-refractivity contribution is 0.0525. The van der Waals surface area contributed by atoms with Crippen LogP contribution < -0.4 is 5.32 Å². The predicted molar refractivity (Wildman–Crippen MR) is 85.6 cm³/mol. The van der Waals surface area contributed by atoms with E-state index in [0.717, 1.165) is 15.9 Å². The summed E-state index contributed by atoms with van der Waals surface area (Å²) in [5.41, 5.74) is 2.06. The number of rotatable bonds is 5. The summed E-state index contributed by atoms with van der Waals surface area (Å²) < 4.78 is 7.46. The van der Waals surface area contributed by atoms with Gasteiger partial charge in [0.2, 0.25) is 0 Å². The number of halogens is 2. The Morgan fingerprint density at radius 1 is 1.52 bits per heavy atom. The number of benzene rings is 1. The molecule has 0 bridgehead atoms. The molecule has 21 heavy (non-hydrogen) atoms. The molecular weight excluding hydrogens is 358 g/mol. The van der Waals surface area contributed by atoms with Gasteiger partial charge in [-0.15, -0.1) is 0 Å². The van der Waals surface area contributed by atoms with Crippen molar-refractivity contribution in [2.24, 2.45) is 7.05 Å². The van der Waals surface area contributed by atoms with Crippen LogP contribution in [0.4, 0.5) is 5.69 Å². The maximum Gasteiger partial charge on any atom is 0.341 e. The first-order valence-electron chi connectivity index (χ1n) is 6.40. The molecule has 2 aromatic rings. The first-order chi connectivity index (χ1) is 10.0. The van der Waals surface area contributed by atoms with Gasteiger partial charge in [-0.25, -0.2) is 4.79 Å². The van der Waals surface area contributed by atoms with Crippen LogP contribution in [0.3, 0.4) is 0 Å². The van der Waals surface area contributed by atoms with Gasteiger partial charge in [-0.05, 0) is 35.0 Å². The molecule has 112 valence electrons. The largest absolute Gasteiger partial charge is 0.462 e. The Morgan fingerprint density at radius 2 is 2.29 bits per heavy atom. The number of carbonyl (C=O) groups is 1. The minimum absolute atomic E-state index is 0.334. The molecular formula is C14H15BrClN3O2. The molecule has 0 amide bonds. The minimum atomic E-state index is -0.368. The van der Waals surface area contributed by atoms with Crippen LogP contribution >= 0.6 is 27.5 Å². The lowest BCUT2D eigenvalue weighted by Crippen LogP contribution is -2.12. The molecule has 0 atom stereocenters. The van der Waals surface area contributed by atoms with Crippen molar-refractivity contribution in [2.75, 3.05) is 11.9 Å². The van der Waals surface area contributed by atoms with Crippen LogP contribution in [0.15, 0.2) is 28.9 Å². The average Bonchev–Trinajstić information content (AvgIpc) is 2.82. The van der Waals surface area contributed by atoms with Gasteiger partial charge in [0.1, 0.15) is 5.56 Å².